The van der Waals surface area contributed by atoms with Gasteiger partial charge >= 0.3 is 6.18 Å². The fourth-order valence-corrected chi connectivity index (χ4v) is 0.671. The number of hydrogen-bond donors (Lipinski definition) is 1. The van der Waals surface area contributed by atoms with Crippen molar-refractivity contribution in [2.75, 3.05) is 13.6 Å². The lowest BCUT2D eigenvalue weighted by Gasteiger charge is -2.04. The Morgan fingerprint density at radius 3 is 2.33 bits per heavy atom. The van der Waals surface area contributed by atoms with Crippen LogP contribution in [0.3, 0.4) is 0 Å². The smallest absolute Gasteiger partial charge is 0.319 e. The van der Waals surface area contributed by atoms with E-state index in [9.17, 15) is 18.0 Å². The monoisotopic (exact) mass is 183 g/mol. The molecule has 0 aliphatic rings. The van der Waals surface area contributed by atoms with E-state index in [-0.39, 0.29) is 12.2 Å². The van der Waals surface area contributed by atoms with Gasteiger partial charge in [0.2, 0.25) is 0 Å². The SMILES string of the molecule is CNCCC(=O)CCC(F)(F)F. The Bertz CT molecular complexity index is 144. The molecule has 0 aliphatic carbocycles. The van der Waals surface area contributed by atoms with Crippen LogP contribution in [0.15, 0.2) is 0 Å². The van der Waals surface area contributed by atoms with Crippen LogP contribution < -0.4 is 5.32 Å². The zero-order chi connectivity index (χ0) is 9.61. The maximum absolute atomic E-state index is 11.6. The second-order valence-corrected chi connectivity index (χ2v) is 2.51. The topological polar surface area (TPSA) is 29.1 Å². The molecule has 0 atom stereocenters. The van der Waals surface area contributed by atoms with Crippen LogP contribution >= 0.6 is 0 Å². The van der Waals surface area contributed by atoms with E-state index >= 15 is 0 Å². The summed E-state index contributed by atoms with van der Waals surface area (Å²) in [6.07, 6.45) is -5.44. The Morgan fingerprint density at radius 1 is 1.33 bits per heavy atom. The minimum atomic E-state index is -4.21. The zero-order valence-electron chi connectivity index (χ0n) is 6.87. The maximum atomic E-state index is 11.6. The van der Waals surface area contributed by atoms with Crippen molar-refractivity contribution in [2.45, 2.75) is 25.4 Å². The van der Waals surface area contributed by atoms with E-state index in [1.807, 2.05) is 0 Å². The van der Waals surface area contributed by atoms with Crippen molar-refractivity contribution in [3.8, 4) is 0 Å². The van der Waals surface area contributed by atoms with Gasteiger partial charge in [0, 0.05) is 19.4 Å². The van der Waals surface area contributed by atoms with Crippen molar-refractivity contribution in [3.63, 3.8) is 0 Å². The van der Waals surface area contributed by atoms with Gasteiger partial charge in [0.1, 0.15) is 5.78 Å². The average Bonchev–Trinajstić information content (AvgIpc) is 1.95. The molecule has 2 nitrogen and oxygen atoms in total. The van der Waals surface area contributed by atoms with E-state index < -0.39 is 19.0 Å². The molecule has 0 amide bonds. The highest BCUT2D eigenvalue weighted by molar-refractivity contribution is 5.78. The summed E-state index contributed by atoms with van der Waals surface area (Å²) in [6.45, 7) is 0.441. The van der Waals surface area contributed by atoms with Gasteiger partial charge in [-0.25, -0.2) is 0 Å². The van der Waals surface area contributed by atoms with Crippen LogP contribution in [0, 0.1) is 0 Å². The number of halogens is 3. The number of alkyl halides is 3. The Morgan fingerprint density at radius 2 is 1.92 bits per heavy atom. The molecule has 0 saturated heterocycles. The number of Topliss-reactive ketones (excluding diaryl/α,β-unsaturated/α-hetero) is 1. The van der Waals surface area contributed by atoms with Gasteiger partial charge in [0.05, 0.1) is 6.42 Å². The van der Waals surface area contributed by atoms with E-state index in [1.165, 1.54) is 0 Å². The third kappa shape index (κ3) is 7.53. The second kappa shape index (κ2) is 5.13. The van der Waals surface area contributed by atoms with Crippen molar-refractivity contribution in [1.82, 2.24) is 5.32 Å². The average molecular weight is 183 g/mol. The lowest BCUT2D eigenvalue weighted by Crippen LogP contribution is -2.15. The Hall–Kier alpha value is -0.580. The summed E-state index contributed by atoms with van der Waals surface area (Å²) in [6, 6.07) is 0. The highest BCUT2D eigenvalue weighted by atomic mass is 19.4. The summed E-state index contributed by atoms with van der Waals surface area (Å²) >= 11 is 0. The molecule has 0 fully saturated rings. The first-order valence-electron chi connectivity index (χ1n) is 3.69. The summed E-state index contributed by atoms with van der Waals surface area (Å²) in [5.74, 6) is -0.346. The summed E-state index contributed by atoms with van der Waals surface area (Å²) in [7, 11) is 1.65. The predicted octanol–water partition coefficient (Wildman–Crippen LogP) is 1.51. The van der Waals surface area contributed by atoms with E-state index in [4.69, 9.17) is 0 Å². The molecule has 1 N–H and O–H groups in total. The molecule has 12 heavy (non-hydrogen) atoms. The van der Waals surface area contributed by atoms with Crippen LogP contribution in [0.1, 0.15) is 19.3 Å². The molecular weight excluding hydrogens is 171 g/mol. The molecule has 0 aromatic heterocycles. The lowest BCUT2D eigenvalue weighted by atomic mass is 10.1. The standard InChI is InChI=1S/C7H12F3NO/c1-11-5-3-6(12)2-4-7(8,9)10/h11H,2-5H2,1H3. The molecule has 0 bridgehead atoms. The Labute approximate surface area is 69.1 Å². The molecule has 0 unspecified atom stereocenters. The van der Waals surface area contributed by atoms with E-state index in [0.717, 1.165) is 0 Å². The van der Waals surface area contributed by atoms with Gasteiger partial charge in [-0.15, -0.1) is 0 Å². The normalized spacial score (nSPS) is 11.7. The molecule has 0 rings (SSSR count). The van der Waals surface area contributed by atoms with Gasteiger partial charge in [-0.05, 0) is 7.05 Å². The van der Waals surface area contributed by atoms with Gasteiger partial charge in [-0.2, -0.15) is 13.2 Å². The number of carbonyl (C=O) groups is 1. The van der Waals surface area contributed by atoms with Crippen LogP contribution in [-0.4, -0.2) is 25.6 Å². The summed E-state index contributed by atoms with van der Waals surface area (Å²) in [4.78, 5) is 10.7. The summed E-state index contributed by atoms with van der Waals surface area (Å²) in [5.41, 5.74) is 0. The molecule has 0 spiro atoms. The first-order valence-corrected chi connectivity index (χ1v) is 3.69. The van der Waals surface area contributed by atoms with Crippen LogP contribution in [0.5, 0.6) is 0 Å². The molecule has 0 aliphatic heterocycles. The lowest BCUT2D eigenvalue weighted by molar-refractivity contribution is -0.143. The van der Waals surface area contributed by atoms with E-state index in [1.54, 1.807) is 7.05 Å². The molecule has 72 valence electrons. The van der Waals surface area contributed by atoms with Crippen molar-refractivity contribution >= 4 is 5.78 Å². The third-order valence-electron chi connectivity index (χ3n) is 1.34. The predicted molar refractivity (Wildman–Crippen MR) is 38.8 cm³/mol. The quantitative estimate of drug-likeness (QED) is 0.699. The largest absolute Gasteiger partial charge is 0.389 e. The molecule has 0 aromatic carbocycles. The third-order valence-corrected chi connectivity index (χ3v) is 1.34. The molecule has 5 heteroatoms. The van der Waals surface area contributed by atoms with Crippen LogP contribution in [0.25, 0.3) is 0 Å². The van der Waals surface area contributed by atoms with Gasteiger partial charge in [-0.3, -0.25) is 4.79 Å². The van der Waals surface area contributed by atoms with Crippen molar-refractivity contribution in [1.29, 1.82) is 0 Å². The summed E-state index contributed by atoms with van der Waals surface area (Å²) < 4.78 is 34.7. The van der Waals surface area contributed by atoms with Crippen molar-refractivity contribution < 1.29 is 18.0 Å². The van der Waals surface area contributed by atoms with Crippen LogP contribution in [0.2, 0.25) is 0 Å². The van der Waals surface area contributed by atoms with Crippen molar-refractivity contribution in [2.24, 2.45) is 0 Å². The first-order chi connectivity index (χ1) is 5.45. The van der Waals surface area contributed by atoms with Gasteiger partial charge in [0.15, 0.2) is 0 Å². The number of nitrogens with one attached hydrogen (secondary N) is 1. The minimum absolute atomic E-state index is 0.173. The molecule has 0 saturated carbocycles. The van der Waals surface area contributed by atoms with E-state index in [0.29, 0.717) is 6.54 Å². The van der Waals surface area contributed by atoms with E-state index in [2.05, 4.69) is 5.32 Å². The fourth-order valence-electron chi connectivity index (χ4n) is 0.671. The van der Waals surface area contributed by atoms with Crippen LogP contribution in [-0.2, 0) is 4.79 Å². The first kappa shape index (κ1) is 11.4. The number of carbonyl (C=O) groups excluding carboxylic acids is 1. The Kier molecular flexibility index (Phi) is 4.89. The molecule has 0 aromatic rings. The molecular formula is C7H12F3NO. The molecule has 0 heterocycles. The maximum Gasteiger partial charge on any atom is 0.389 e. The fraction of sp³-hybridized carbons (Fsp3) is 0.857. The van der Waals surface area contributed by atoms with Gasteiger partial charge in [0.25, 0.3) is 0 Å². The molecule has 0 radical (unpaired) electrons. The number of ketones is 1. The highest BCUT2D eigenvalue weighted by Gasteiger charge is 2.27. The highest BCUT2D eigenvalue weighted by Crippen LogP contribution is 2.21. The van der Waals surface area contributed by atoms with Gasteiger partial charge < -0.3 is 5.32 Å². The van der Waals surface area contributed by atoms with Crippen LogP contribution in [0.4, 0.5) is 13.2 Å². The second-order valence-electron chi connectivity index (χ2n) is 2.51. The van der Waals surface area contributed by atoms with Gasteiger partial charge in [-0.1, -0.05) is 0 Å². The Balaban J connectivity index is 3.44. The number of rotatable bonds is 5. The number of hydrogen-bond acceptors (Lipinski definition) is 2. The zero-order valence-corrected chi connectivity index (χ0v) is 6.87. The minimum Gasteiger partial charge on any atom is -0.319 e. The summed E-state index contributed by atoms with van der Waals surface area (Å²) in [5, 5.41) is 2.69. The van der Waals surface area contributed by atoms with Crippen molar-refractivity contribution in [3.05, 3.63) is 0 Å².